The molecule has 0 bridgehead atoms. The normalized spacial score (nSPS) is 13.2. The maximum absolute atomic E-state index is 13.4. The van der Waals surface area contributed by atoms with E-state index in [1.54, 1.807) is 12.1 Å². The molecule has 0 atom stereocenters. The van der Waals surface area contributed by atoms with E-state index >= 15 is 0 Å². The number of aromatic nitrogens is 2. The Morgan fingerprint density at radius 2 is 1.23 bits per heavy atom. The van der Waals surface area contributed by atoms with Gasteiger partial charge in [-0.25, -0.2) is 4.39 Å². The number of piperidine rings is 1. The lowest BCUT2D eigenvalue weighted by Gasteiger charge is -2.40. The maximum atomic E-state index is 13.4. The van der Waals surface area contributed by atoms with Gasteiger partial charge in [-0.05, 0) is 141 Å². The zero-order valence-corrected chi connectivity index (χ0v) is 29.9. The summed E-state index contributed by atoms with van der Waals surface area (Å²) in [7, 11) is 0. The number of hydrogen-bond acceptors (Lipinski definition) is 4. The molecule has 2 aromatic heterocycles. The lowest BCUT2D eigenvalue weighted by Crippen LogP contribution is -2.44. The number of nitrogens with zero attached hydrogens (tertiary/aromatic N) is 4. The van der Waals surface area contributed by atoms with Gasteiger partial charge in [0.25, 0.3) is 0 Å². The van der Waals surface area contributed by atoms with E-state index in [-0.39, 0.29) is 43.0 Å². The van der Waals surface area contributed by atoms with Gasteiger partial charge in [0.15, 0.2) is 0 Å². The summed E-state index contributed by atoms with van der Waals surface area (Å²) in [5, 5.41) is 0. The molecule has 6 rings (SSSR count). The molecule has 1 aliphatic rings. The fourth-order valence-corrected chi connectivity index (χ4v) is 6.28. The summed E-state index contributed by atoms with van der Waals surface area (Å²) in [6, 6.07) is 29.2. The van der Waals surface area contributed by atoms with E-state index in [1.165, 1.54) is 56.8 Å². The number of halogens is 4. The van der Waals surface area contributed by atoms with Crippen molar-refractivity contribution in [1.29, 1.82) is 0 Å². The van der Waals surface area contributed by atoms with Gasteiger partial charge in [-0.3, -0.25) is 14.9 Å². The van der Waals surface area contributed by atoms with E-state index in [1.807, 2.05) is 12.4 Å². The molecule has 0 unspecified atom stereocenters. The highest BCUT2D eigenvalue weighted by Gasteiger charge is 2.25. The molecule has 5 aromatic rings. The van der Waals surface area contributed by atoms with Gasteiger partial charge in [0.2, 0.25) is 0 Å². The Bertz CT molecular complexity index is 1710. The van der Waals surface area contributed by atoms with Gasteiger partial charge in [-0.2, -0.15) is 0 Å². The Morgan fingerprint density at radius 3 is 1.85 bits per heavy atom. The number of anilines is 1. The highest BCUT2D eigenvalue weighted by molar-refractivity contribution is 5.86. The van der Waals surface area contributed by atoms with Crippen LogP contribution in [0.4, 0.5) is 10.1 Å². The van der Waals surface area contributed by atoms with Crippen molar-refractivity contribution in [2.24, 2.45) is 0 Å². The SMILES string of the molecule is Cc1ccc(N(Cc2ccnc(-c3cc(C)c(C)c(C)c3)c2)C2CCN(Cc3ccnc(-c4ccc(F)cc4)c3)CC2)cc1.Cl.Cl.Cl. The van der Waals surface area contributed by atoms with Gasteiger partial charge in [0, 0.05) is 61.4 Å². The van der Waals surface area contributed by atoms with Gasteiger partial charge in [-0.1, -0.05) is 17.7 Å². The maximum Gasteiger partial charge on any atom is 0.123 e. The fourth-order valence-electron chi connectivity index (χ4n) is 6.28. The summed E-state index contributed by atoms with van der Waals surface area (Å²) in [6.07, 6.45) is 6.01. The summed E-state index contributed by atoms with van der Waals surface area (Å²) in [5.41, 5.74) is 13.0. The van der Waals surface area contributed by atoms with Crippen LogP contribution in [0, 0.1) is 33.5 Å². The second-order valence-electron chi connectivity index (χ2n) is 12.3. The first-order valence-electron chi connectivity index (χ1n) is 15.6. The summed E-state index contributed by atoms with van der Waals surface area (Å²) in [5.74, 6) is -0.228. The van der Waals surface area contributed by atoms with Crippen LogP contribution in [-0.2, 0) is 13.1 Å². The van der Waals surface area contributed by atoms with Crippen LogP contribution >= 0.6 is 37.2 Å². The average Bonchev–Trinajstić information content (AvgIpc) is 3.04. The van der Waals surface area contributed by atoms with E-state index in [0.29, 0.717) is 6.04 Å². The molecule has 47 heavy (non-hydrogen) atoms. The number of pyridine rings is 2. The van der Waals surface area contributed by atoms with Crippen LogP contribution in [0.3, 0.4) is 0 Å². The van der Waals surface area contributed by atoms with Gasteiger partial charge in [0.1, 0.15) is 5.82 Å². The molecule has 3 heterocycles. The van der Waals surface area contributed by atoms with E-state index in [0.717, 1.165) is 56.0 Å². The zero-order valence-electron chi connectivity index (χ0n) is 27.4. The molecule has 0 radical (unpaired) electrons. The van der Waals surface area contributed by atoms with E-state index in [2.05, 4.69) is 103 Å². The van der Waals surface area contributed by atoms with E-state index in [4.69, 9.17) is 4.98 Å². The second-order valence-corrected chi connectivity index (χ2v) is 12.3. The van der Waals surface area contributed by atoms with Crippen molar-refractivity contribution < 1.29 is 4.39 Å². The molecule has 0 saturated carbocycles. The Hall–Kier alpha value is -3.48. The average molecular weight is 694 g/mol. The van der Waals surface area contributed by atoms with Crippen molar-refractivity contribution in [2.75, 3.05) is 18.0 Å². The van der Waals surface area contributed by atoms with Crippen LogP contribution < -0.4 is 4.90 Å². The van der Waals surface area contributed by atoms with Gasteiger partial charge in [-0.15, -0.1) is 37.2 Å². The topological polar surface area (TPSA) is 32.3 Å². The highest BCUT2D eigenvalue weighted by Crippen LogP contribution is 2.29. The van der Waals surface area contributed by atoms with Crippen molar-refractivity contribution in [1.82, 2.24) is 14.9 Å². The minimum absolute atomic E-state index is 0. The first kappa shape index (κ1) is 38.0. The molecule has 0 amide bonds. The van der Waals surface area contributed by atoms with Crippen molar-refractivity contribution in [3.63, 3.8) is 0 Å². The summed E-state index contributed by atoms with van der Waals surface area (Å²) in [6.45, 7) is 12.5. The summed E-state index contributed by atoms with van der Waals surface area (Å²) in [4.78, 5) is 14.4. The number of benzene rings is 3. The van der Waals surface area contributed by atoms with E-state index < -0.39 is 0 Å². The molecule has 4 nitrogen and oxygen atoms in total. The van der Waals surface area contributed by atoms with Crippen LogP contribution in [-0.4, -0.2) is 34.0 Å². The number of likely N-dealkylation sites (tertiary alicyclic amines) is 1. The predicted octanol–water partition coefficient (Wildman–Crippen LogP) is 10.1. The Kier molecular flexibility index (Phi) is 13.8. The molecular formula is C39H44Cl3FN4. The predicted molar refractivity (Wildman–Crippen MR) is 201 cm³/mol. The largest absolute Gasteiger partial charge is 0.364 e. The monoisotopic (exact) mass is 692 g/mol. The standard InChI is InChI=1S/C39H41FN4.3ClH/c1-27-5-11-36(12-6-27)44(26-32-14-18-42-39(24-32)34-21-28(2)30(4)29(3)22-34)37-15-19-43(20-16-37)25-31-13-17-41-38(23-31)33-7-9-35(40)10-8-33;;;/h5-14,17-18,21-24,37H,15-16,19-20,25-26H2,1-4H3;3*1H. The minimum Gasteiger partial charge on any atom is -0.364 e. The molecule has 1 aliphatic heterocycles. The van der Waals surface area contributed by atoms with Crippen molar-refractivity contribution in [3.05, 3.63) is 137 Å². The van der Waals surface area contributed by atoms with Gasteiger partial charge in [0.05, 0.1) is 11.4 Å². The third-order valence-corrected chi connectivity index (χ3v) is 9.13. The molecule has 248 valence electrons. The summed E-state index contributed by atoms with van der Waals surface area (Å²) >= 11 is 0. The molecule has 0 N–H and O–H groups in total. The molecule has 3 aromatic carbocycles. The zero-order chi connectivity index (χ0) is 30.6. The molecule has 8 heteroatoms. The van der Waals surface area contributed by atoms with Crippen molar-refractivity contribution in [2.45, 2.75) is 59.7 Å². The second kappa shape index (κ2) is 17.1. The van der Waals surface area contributed by atoms with Gasteiger partial charge >= 0.3 is 0 Å². The summed E-state index contributed by atoms with van der Waals surface area (Å²) < 4.78 is 13.4. The molecule has 1 saturated heterocycles. The molecule has 0 aliphatic carbocycles. The van der Waals surface area contributed by atoms with Crippen LogP contribution in [0.5, 0.6) is 0 Å². The van der Waals surface area contributed by atoms with Crippen molar-refractivity contribution in [3.8, 4) is 22.5 Å². The van der Waals surface area contributed by atoms with Crippen molar-refractivity contribution >= 4 is 42.9 Å². The third kappa shape index (κ3) is 9.33. The van der Waals surface area contributed by atoms with Gasteiger partial charge < -0.3 is 4.90 Å². The fraction of sp³-hybridized carbons (Fsp3) is 0.282. The third-order valence-electron chi connectivity index (χ3n) is 9.13. The lowest BCUT2D eigenvalue weighted by molar-refractivity contribution is 0.201. The number of hydrogen-bond donors (Lipinski definition) is 0. The van der Waals surface area contributed by atoms with Crippen LogP contribution in [0.15, 0.2) is 97.3 Å². The first-order chi connectivity index (χ1) is 21.3. The minimum atomic E-state index is -0.228. The van der Waals surface area contributed by atoms with Crippen LogP contribution in [0.25, 0.3) is 22.5 Å². The quantitative estimate of drug-likeness (QED) is 0.162. The van der Waals surface area contributed by atoms with E-state index in [9.17, 15) is 4.39 Å². The lowest BCUT2D eigenvalue weighted by atomic mass is 9.97. The Labute approximate surface area is 297 Å². The number of aryl methyl sites for hydroxylation is 3. The Morgan fingerprint density at radius 1 is 0.681 bits per heavy atom. The first-order valence-corrected chi connectivity index (χ1v) is 15.6. The molecule has 0 spiro atoms. The van der Waals surface area contributed by atoms with Crippen LogP contribution in [0.2, 0.25) is 0 Å². The smallest absolute Gasteiger partial charge is 0.123 e. The molecular weight excluding hydrogens is 650 g/mol. The van der Waals surface area contributed by atoms with Crippen LogP contribution in [0.1, 0.15) is 46.2 Å². The Balaban J connectivity index is 0.00000200. The molecule has 1 fully saturated rings. The highest BCUT2D eigenvalue weighted by atomic mass is 35.5. The number of rotatable bonds is 8.